The number of carbonyl (C=O) groups excluding carboxylic acids is 1. The van der Waals surface area contributed by atoms with Crippen LogP contribution in [0.3, 0.4) is 0 Å². The molecule has 4 rings (SSSR count). The maximum atomic E-state index is 12.0. The van der Waals surface area contributed by atoms with Crippen molar-refractivity contribution >= 4 is 6.29 Å². The lowest BCUT2D eigenvalue weighted by molar-refractivity contribution is -0.111. The maximum absolute atomic E-state index is 12.0. The number of allylic oxidation sites excluding steroid dienone is 1. The van der Waals surface area contributed by atoms with E-state index < -0.39 is 6.10 Å². The van der Waals surface area contributed by atoms with E-state index in [9.17, 15) is 15.0 Å². The fourth-order valence-corrected chi connectivity index (χ4v) is 8.19. The van der Waals surface area contributed by atoms with Crippen molar-refractivity contribution in [3.63, 3.8) is 0 Å². The highest BCUT2D eigenvalue weighted by molar-refractivity contribution is 5.61. The summed E-state index contributed by atoms with van der Waals surface area (Å²) in [4.78, 5) is 12.0. The van der Waals surface area contributed by atoms with E-state index in [1.165, 1.54) is 18.4 Å². The number of aliphatic hydroxyl groups excluding tert-OH is 2. The molecule has 0 spiro atoms. The second-order valence-corrected chi connectivity index (χ2v) is 10.5. The molecule has 0 aromatic rings. The Bertz CT molecular complexity index is 607. The number of hydrogen-bond donors (Lipinski definition) is 3. The first-order valence-electron chi connectivity index (χ1n) is 11.6. The maximum Gasteiger partial charge on any atom is 0.137 e. The highest BCUT2D eigenvalue weighted by Crippen LogP contribution is 2.75. The fraction of sp³-hybridized carbons (Fsp3) is 0.875. The van der Waals surface area contributed by atoms with Crippen molar-refractivity contribution in [3.05, 3.63) is 12.2 Å². The number of aliphatic hydroxyl groups is 2. The molecule has 28 heavy (non-hydrogen) atoms. The van der Waals surface area contributed by atoms with Gasteiger partial charge in [0.05, 0.1) is 12.1 Å². The Hall–Kier alpha value is -0.710. The number of aldehydes is 1. The molecule has 10 unspecified atom stereocenters. The highest BCUT2D eigenvalue weighted by Gasteiger charge is 2.73. The summed E-state index contributed by atoms with van der Waals surface area (Å²) in [5.74, 6) is 3.76. The molecule has 10 atom stereocenters. The van der Waals surface area contributed by atoms with Crippen LogP contribution in [-0.4, -0.2) is 35.3 Å². The van der Waals surface area contributed by atoms with Gasteiger partial charge < -0.3 is 20.7 Å². The van der Waals surface area contributed by atoms with Crippen LogP contribution in [0.15, 0.2) is 12.2 Å². The van der Waals surface area contributed by atoms with E-state index in [2.05, 4.69) is 13.5 Å². The van der Waals surface area contributed by atoms with Crippen LogP contribution in [0.1, 0.15) is 64.7 Å². The largest absolute Gasteiger partial charge is 0.396 e. The summed E-state index contributed by atoms with van der Waals surface area (Å²) in [6.45, 7) is 6.83. The molecular formula is C24H39NO3. The van der Waals surface area contributed by atoms with Crippen LogP contribution in [0.2, 0.25) is 0 Å². The van der Waals surface area contributed by atoms with E-state index >= 15 is 0 Å². The van der Waals surface area contributed by atoms with Crippen molar-refractivity contribution in [2.24, 2.45) is 52.6 Å². The molecule has 158 valence electrons. The van der Waals surface area contributed by atoms with Crippen molar-refractivity contribution < 1.29 is 15.0 Å². The van der Waals surface area contributed by atoms with Gasteiger partial charge in [-0.3, -0.25) is 0 Å². The molecule has 0 aromatic carbocycles. The van der Waals surface area contributed by atoms with Gasteiger partial charge in [0.1, 0.15) is 6.29 Å². The van der Waals surface area contributed by atoms with E-state index in [4.69, 9.17) is 5.73 Å². The molecule has 4 N–H and O–H groups in total. The summed E-state index contributed by atoms with van der Waals surface area (Å²) < 4.78 is 0. The van der Waals surface area contributed by atoms with Crippen LogP contribution >= 0.6 is 0 Å². The molecule has 0 amide bonds. The molecule has 0 saturated heterocycles. The predicted molar refractivity (Wildman–Crippen MR) is 110 cm³/mol. The van der Waals surface area contributed by atoms with Crippen molar-refractivity contribution in [3.8, 4) is 0 Å². The van der Waals surface area contributed by atoms with Gasteiger partial charge in [0, 0.05) is 12.0 Å². The molecule has 4 heteroatoms. The van der Waals surface area contributed by atoms with Crippen molar-refractivity contribution in [2.75, 3.05) is 6.61 Å². The Morgan fingerprint density at radius 3 is 2.79 bits per heavy atom. The minimum Gasteiger partial charge on any atom is -0.396 e. The second-order valence-electron chi connectivity index (χ2n) is 10.5. The summed E-state index contributed by atoms with van der Waals surface area (Å²) in [5, 5.41) is 19.8. The zero-order chi connectivity index (χ0) is 20.1. The number of rotatable bonds is 6. The van der Waals surface area contributed by atoms with Crippen LogP contribution in [0.4, 0.5) is 0 Å². The van der Waals surface area contributed by atoms with E-state index in [0.717, 1.165) is 50.7 Å². The van der Waals surface area contributed by atoms with Gasteiger partial charge >= 0.3 is 0 Å². The molecule has 0 radical (unpaired) electrons. The van der Waals surface area contributed by atoms with Gasteiger partial charge in [0.2, 0.25) is 0 Å². The second kappa shape index (κ2) is 7.85. The van der Waals surface area contributed by atoms with Gasteiger partial charge in [0.25, 0.3) is 0 Å². The standard InChI is InChI=1S/C24H39NO3/c1-14-10-18-15(2)6-7-20-23(19(18)11-14)24(20,22(25)13-27)17-5-3-4-16(12-17)21(28)8-9-26/h13-14,16-23,26,28H,2-12,25H2,1H3. The zero-order valence-electron chi connectivity index (χ0n) is 17.4. The van der Waals surface area contributed by atoms with E-state index in [1.807, 2.05) is 0 Å². The quantitative estimate of drug-likeness (QED) is 0.481. The lowest BCUT2D eigenvalue weighted by atomic mass is 9.65. The van der Waals surface area contributed by atoms with Crippen molar-refractivity contribution in [1.29, 1.82) is 0 Å². The third kappa shape index (κ3) is 3.11. The minimum absolute atomic E-state index is 0.0380. The topological polar surface area (TPSA) is 83.6 Å². The van der Waals surface area contributed by atoms with E-state index in [0.29, 0.717) is 36.0 Å². The van der Waals surface area contributed by atoms with Gasteiger partial charge in [0.15, 0.2) is 0 Å². The molecule has 0 aromatic heterocycles. The predicted octanol–water partition coefficient (Wildman–Crippen LogP) is 3.31. The van der Waals surface area contributed by atoms with Gasteiger partial charge in [-0.15, -0.1) is 0 Å². The summed E-state index contributed by atoms with van der Waals surface area (Å²) >= 11 is 0. The Morgan fingerprint density at radius 1 is 1.29 bits per heavy atom. The average Bonchev–Trinajstić information content (AvgIpc) is 3.25. The summed E-state index contributed by atoms with van der Waals surface area (Å²) in [6.07, 6.45) is 9.99. The third-order valence-electron chi connectivity index (χ3n) is 9.27. The van der Waals surface area contributed by atoms with Crippen LogP contribution in [0, 0.1) is 46.8 Å². The molecule has 4 fully saturated rings. The van der Waals surface area contributed by atoms with Gasteiger partial charge in [-0.1, -0.05) is 25.5 Å². The Kier molecular flexibility index (Phi) is 5.76. The van der Waals surface area contributed by atoms with Crippen LogP contribution in [-0.2, 0) is 4.79 Å². The molecule has 4 nitrogen and oxygen atoms in total. The first kappa shape index (κ1) is 20.6. The molecular weight excluding hydrogens is 350 g/mol. The van der Waals surface area contributed by atoms with E-state index in [-0.39, 0.29) is 24.0 Å². The lowest BCUT2D eigenvalue weighted by Gasteiger charge is -2.41. The Balaban J connectivity index is 1.62. The summed E-state index contributed by atoms with van der Waals surface area (Å²) in [6, 6.07) is -0.385. The van der Waals surface area contributed by atoms with Crippen molar-refractivity contribution in [2.45, 2.75) is 76.9 Å². The Morgan fingerprint density at radius 2 is 2.07 bits per heavy atom. The first-order valence-corrected chi connectivity index (χ1v) is 11.6. The summed E-state index contributed by atoms with van der Waals surface area (Å²) in [7, 11) is 0. The zero-order valence-corrected chi connectivity index (χ0v) is 17.4. The number of fused-ring (bicyclic) bond motifs is 3. The van der Waals surface area contributed by atoms with Gasteiger partial charge in [-0.25, -0.2) is 0 Å². The third-order valence-corrected chi connectivity index (χ3v) is 9.27. The SMILES string of the molecule is C=C1CCC2C(C3CC(C)CC13)C2(C(N)C=O)C1CCCC(C(O)CCO)C1. The van der Waals surface area contributed by atoms with Crippen LogP contribution in [0.25, 0.3) is 0 Å². The fourth-order valence-electron chi connectivity index (χ4n) is 8.19. The minimum atomic E-state index is -0.431. The van der Waals surface area contributed by atoms with Crippen LogP contribution < -0.4 is 5.73 Å². The molecule has 0 aliphatic heterocycles. The lowest BCUT2D eigenvalue weighted by Crippen LogP contribution is -2.44. The van der Waals surface area contributed by atoms with Crippen molar-refractivity contribution in [1.82, 2.24) is 0 Å². The molecule has 0 bridgehead atoms. The summed E-state index contributed by atoms with van der Waals surface area (Å²) in [5.41, 5.74) is 7.97. The average molecular weight is 390 g/mol. The normalized spacial score (nSPS) is 47.6. The van der Waals surface area contributed by atoms with Crippen LogP contribution in [0.5, 0.6) is 0 Å². The number of hydrogen-bond acceptors (Lipinski definition) is 4. The first-order chi connectivity index (χ1) is 13.4. The Labute approximate surface area is 170 Å². The molecule has 0 heterocycles. The smallest absolute Gasteiger partial charge is 0.137 e. The molecule has 4 aliphatic rings. The van der Waals surface area contributed by atoms with E-state index in [1.54, 1.807) is 0 Å². The number of nitrogens with two attached hydrogens (primary N) is 1. The molecule has 4 saturated carbocycles. The monoisotopic (exact) mass is 389 g/mol. The van der Waals surface area contributed by atoms with Gasteiger partial charge in [-0.05, 0) is 92.8 Å². The number of carbonyl (C=O) groups is 1. The highest BCUT2D eigenvalue weighted by atomic mass is 16.3. The molecule has 4 aliphatic carbocycles. The van der Waals surface area contributed by atoms with Gasteiger partial charge in [-0.2, -0.15) is 0 Å².